The van der Waals surface area contributed by atoms with E-state index in [1.54, 1.807) is 49.4 Å². The van der Waals surface area contributed by atoms with Crippen LogP contribution in [0.3, 0.4) is 0 Å². The summed E-state index contributed by atoms with van der Waals surface area (Å²) < 4.78 is 5.14. The number of amides is 2. The van der Waals surface area contributed by atoms with Crippen molar-refractivity contribution in [1.29, 1.82) is 0 Å². The van der Waals surface area contributed by atoms with Crippen LogP contribution >= 0.6 is 11.3 Å². The molecule has 26 heavy (non-hydrogen) atoms. The average Bonchev–Trinajstić information content (AvgIpc) is 3.12. The minimum absolute atomic E-state index is 0.213. The van der Waals surface area contributed by atoms with Crippen LogP contribution in [0.5, 0.6) is 0 Å². The van der Waals surface area contributed by atoms with Gasteiger partial charge in [0.1, 0.15) is 5.54 Å². The van der Waals surface area contributed by atoms with Crippen LogP contribution < -0.4 is 10.2 Å². The van der Waals surface area contributed by atoms with E-state index < -0.39 is 24.0 Å². The lowest BCUT2D eigenvalue weighted by Crippen LogP contribution is -2.59. The van der Waals surface area contributed by atoms with Gasteiger partial charge in [-0.25, -0.2) is 0 Å². The van der Waals surface area contributed by atoms with E-state index >= 15 is 0 Å². The van der Waals surface area contributed by atoms with Gasteiger partial charge in [0.2, 0.25) is 5.91 Å². The number of ether oxygens (including phenoxy) is 1. The molecule has 1 aliphatic rings. The maximum Gasteiger partial charge on any atom is 0.306 e. The summed E-state index contributed by atoms with van der Waals surface area (Å²) in [5, 5.41) is 6.72. The van der Waals surface area contributed by atoms with Gasteiger partial charge < -0.3 is 10.1 Å². The molecule has 0 atom stereocenters. The fourth-order valence-corrected chi connectivity index (χ4v) is 3.56. The Kier molecular flexibility index (Phi) is 5.08. The third kappa shape index (κ3) is 3.62. The van der Waals surface area contributed by atoms with Crippen LogP contribution in [0.4, 0.5) is 11.4 Å². The molecule has 136 valence electrons. The first-order valence-corrected chi connectivity index (χ1v) is 9.24. The van der Waals surface area contributed by atoms with Gasteiger partial charge in [0, 0.05) is 6.42 Å². The molecule has 1 N–H and O–H groups in total. The minimum Gasteiger partial charge on any atom is -0.456 e. The highest BCUT2D eigenvalue weighted by molar-refractivity contribution is 7.07. The molecule has 0 bridgehead atoms. The zero-order chi connectivity index (χ0) is 18.7. The summed E-state index contributed by atoms with van der Waals surface area (Å²) in [7, 11) is 0. The molecule has 0 unspecified atom stereocenters. The van der Waals surface area contributed by atoms with Crippen molar-refractivity contribution in [1.82, 2.24) is 0 Å². The van der Waals surface area contributed by atoms with Gasteiger partial charge >= 0.3 is 5.97 Å². The van der Waals surface area contributed by atoms with Gasteiger partial charge in [-0.3, -0.25) is 19.3 Å². The number of esters is 1. The van der Waals surface area contributed by atoms with Crippen molar-refractivity contribution < 1.29 is 19.1 Å². The molecule has 0 spiro atoms. The number of carbonyl (C=O) groups is 3. The van der Waals surface area contributed by atoms with E-state index in [1.165, 1.54) is 4.90 Å². The second kappa shape index (κ2) is 7.29. The first-order chi connectivity index (χ1) is 12.4. The summed E-state index contributed by atoms with van der Waals surface area (Å²) in [6.45, 7) is 2.93. The van der Waals surface area contributed by atoms with Crippen molar-refractivity contribution in [3.8, 4) is 0 Å². The van der Waals surface area contributed by atoms with E-state index in [0.29, 0.717) is 17.8 Å². The van der Waals surface area contributed by atoms with Crippen molar-refractivity contribution >= 4 is 40.5 Å². The third-order valence-corrected chi connectivity index (χ3v) is 5.04. The van der Waals surface area contributed by atoms with E-state index in [9.17, 15) is 14.4 Å². The number of rotatable bonds is 5. The molecule has 2 amide bonds. The SMILES string of the molecule is CC1(C)C(=O)Nc2ccccc2N1C(=O)COC(=O)CCc1ccsc1. The second-order valence-corrected chi connectivity index (χ2v) is 7.33. The van der Waals surface area contributed by atoms with Gasteiger partial charge in [-0.2, -0.15) is 11.3 Å². The summed E-state index contributed by atoms with van der Waals surface area (Å²) in [4.78, 5) is 38.4. The summed E-state index contributed by atoms with van der Waals surface area (Å²) in [5.41, 5.74) is 1.15. The predicted molar refractivity (Wildman–Crippen MR) is 100 cm³/mol. The molecule has 3 rings (SSSR count). The third-order valence-electron chi connectivity index (χ3n) is 4.31. The van der Waals surface area contributed by atoms with E-state index in [2.05, 4.69) is 5.32 Å². The molecule has 6 nitrogen and oxygen atoms in total. The Morgan fingerprint density at radius 2 is 2.00 bits per heavy atom. The molecule has 2 aromatic rings. The highest BCUT2D eigenvalue weighted by Gasteiger charge is 2.43. The number of hydrogen-bond acceptors (Lipinski definition) is 5. The predicted octanol–water partition coefficient (Wildman–Crippen LogP) is 2.99. The Bertz CT molecular complexity index is 830. The summed E-state index contributed by atoms with van der Waals surface area (Å²) in [5.74, 6) is -1.15. The van der Waals surface area contributed by atoms with Crippen molar-refractivity contribution in [2.45, 2.75) is 32.2 Å². The topological polar surface area (TPSA) is 75.7 Å². The first-order valence-electron chi connectivity index (χ1n) is 8.30. The number of anilines is 2. The zero-order valence-corrected chi connectivity index (χ0v) is 15.5. The van der Waals surface area contributed by atoms with Crippen molar-refractivity contribution in [3.63, 3.8) is 0 Å². The second-order valence-electron chi connectivity index (χ2n) is 6.55. The summed E-state index contributed by atoms with van der Waals surface area (Å²) >= 11 is 1.57. The van der Waals surface area contributed by atoms with Gasteiger partial charge in [0.05, 0.1) is 11.4 Å². The quantitative estimate of drug-likeness (QED) is 0.819. The van der Waals surface area contributed by atoms with E-state index in [-0.39, 0.29) is 12.3 Å². The number of hydrogen-bond donors (Lipinski definition) is 1. The Morgan fingerprint density at radius 1 is 1.23 bits per heavy atom. The fraction of sp³-hybridized carbons (Fsp3) is 0.316. The molecule has 0 fully saturated rings. The molecule has 2 heterocycles. The molecule has 1 aliphatic heterocycles. The lowest BCUT2D eigenvalue weighted by Gasteiger charge is -2.41. The van der Waals surface area contributed by atoms with Gasteiger partial charge in [0.25, 0.3) is 5.91 Å². The standard InChI is InChI=1S/C19H20N2O4S/c1-19(2)18(24)20-14-5-3-4-6-15(14)21(19)16(22)11-25-17(23)8-7-13-9-10-26-12-13/h3-6,9-10,12H,7-8,11H2,1-2H3,(H,20,24). The van der Waals surface area contributed by atoms with E-state index in [4.69, 9.17) is 4.74 Å². The zero-order valence-electron chi connectivity index (χ0n) is 14.7. The summed E-state index contributed by atoms with van der Waals surface area (Å²) in [6.07, 6.45) is 0.793. The number of fused-ring (bicyclic) bond motifs is 1. The lowest BCUT2D eigenvalue weighted by molar-refractivity contribution is -0.148. The first kappa shape index (κ1) is 18.1. The van der Waals surface area contributed by atoms with Crippen LogP contribution in [-0.4, -0.2) is 29.9 Å². The number of carbonyl (C=O) groups excluding carboxylic acids is 3. The van der Waals surface area contributed by atoms with Crippen molar-refractivity contribution in [2.75, 3.05) is 16.8 Å². The Hall–Kier alpha value is -2.67. The van der Waals surface area contributed by atoms with E-state index in [1.807, 2.05) is 16.8 Å². The maximum atomic E-state index is 12.7. The van der Waals surface area contributed by atoms with Crippen LogP contribution in [0.15, 0.2) is 41.1 Å². The molecular weight excluding hydrogens is 352 g/mol. The molecule has 1 aromatic heterocycles. The monoisotopic (exact) mass is 372 g/mol. The van der Waals surface area contributed by atoms with Gasteiger partial charge in [-0.05, 0) is 54.8 Å². The average molecular weight is 372 g/mol. The number of thiophene rings is 1. The maximum absolute atomic E-state index is 12.7. The van der Waals surface area contributed by atoms with Crippen LogP contribution in [0.2, 0.25) is 0 Å². The molecule has 7 heteroatoms. The van der Waals surface area contributed by atoms with Crippen molar-refractivity contribution in [3.05, 3.63) is 46.7 Å². The van der Waals surface area contributed by atoms with Gasteiger partial charge in [0.15, 0.2) is 6.61 Å². The summed E-state index contributed by atoms with van der Waals surface area (Å²) in [6, 6.07) is 9.02. The Morgan fingerprint density at radius 3 is 2.73 bits per heavy atom. The molecule has 1 aromatic carbocycles. The number of para-hydroxylation sites is 2. The lowest BCUT2D eigenvalue weighted by atomic mass is 9.96. The Balaban J connectivity index is 1.66. The van der Waals surface area contributed by atoms with Crippen LogP contribution in [0.25, 0.3) is 0 Å². The highest BCUT2D eigenvalue weighted by atomic mass is 32.1. The molecule has 0 radical (unpaired) electrons. The fourth-order valence-electron chi connectivity index (χ4n) is 2.86. The number of nitrogens with one attached hydrogen (secondary N) is 1. The number of aryl methyl sites for hydroxylation is 1. The molecule has 0 saturated carbocycles. The molecular formula is C19H20N2O4S. The Labute approximate surface area is 155 Å². The van der Waals surface area contributed by atoms with Gasteiger partial charge in [-0.15, -0.1) is 0 Å². The van der Waals surface area contributed by atoms with E-state index in [0.717, 1.165) is 5.56 Å². The smallest absolute Gasteiger partial charge is 0.306 e. The molecule has 0 aliphatic carbocycles. The molecule has 0 saturated heterocycles. The number of nitrogens with zero attached hydrogens (tertiary/aromatic N) is 1. The minimum atomic E-state index is -1.07. The van der Waals surface area contributed by atoms with Crippen LogP contribution in [0.1, 0.15) is 25.8 Å². The number of benzene rings is 1. The van der Waals surface area contributed by atoms with Gasteiger partial charge in [-0.1, -0.05) is 12.1 Å². The van der Waals surface area contributed by atoms with Crippen LogP contribution in [0, 0.1) is 0 Å². The van der Waals surface area contributed by atoms with Crippen molar-refractivity contribution in [2.24, 2.45) is 0 Å². The highest BCUT2D eigenvalue weighted by Crippen LogP contribution is 2.36. The van der Waals surface area contributed by atoms with Crippen LogP contribution in [-0.2, 0) is 25.5 Å². The largest absolute Gasteiger partial charge is 0.456 e. The normalized spacial score (nSPS) is 15.2.